The van der Waals surface area contributed by atoms with Crippen LogP contribution in [0.15, 0.2) is 17.1 Å². The molecule has 0 amide bonds. The highest BCUT2D eigenvalue weighted by Crippen LogP contribution is 2.38. The van der Waals surface area contributed by atoms with Crippen LogP contribution in [0.3, 0.4) is 0 Å². The number of nitrogens with zero attached hydrogens (tertiary/aromatic N) is 3. The molecule has 1 saturated heterocycles. The third kappa shape index (κ3) is 7.40. The molecule has 1 heterocycles. The van der Waals surface area contributed by atoms with E-state index in [-0.39, 0.29) is 24.0 Å². The Labute approximate surface area is 192 Å². The molecular formula is C21H37IN4O3. The fraction of sp³-hybridized carbons (Fsp3) is 0.667. The van der Waals surface area contributed by atoms with Gasteiger partial charge in [-0.25, -0.2) is 0 Å². The Balaban J connectivity index is 0.00000420. The van der Waals surface area contributed by atoms with E-state index < -0.39 is 0 Å². The molecule has 1 fully saturated rings. The first-order valence-corrected chi connectivity index (χ1v) is 10.1. The van der Waals surface area contributed by atoms with Crippen LogP contribution in [0.1, 0.15) is 31.7 Å². The first kappa shape index (κ1) is 25.6. The van der Waals surface area contributed by atoms with Gasteiger partial charge in [-0.05, 0) is 24.1 Å². The second-order valence-corrected chi connectivity index (χ2v) is 6.98. The molecule has 0 spiro atoms. The highest BCUT2D eigenvalue weighted by molar-refractivity contribution is 14.0. The van der Waals surface area contributed by atoms with E-state index in [1.807, 2.05) is 19.2 Å². The zero-order valence-corrected chi connectivity index (χ0v) is 20.8. The van der Waals surface area contributed by atoms with Crippen LogP contribution < -0.4 is 19.5 Å². The fourth-order valence-corrected chi connectivity index (χ4v) is 3.51. The number of hydrogen-bond donors (Lipinski definition) is 1. The van der Waals surface area contributed by atoms with Gasteiger partial charge < -0.3 is 24.4 Å². The molecule has 0 radical (unpaired) electrons. The Morgan fingerprint density at radius 2 is 1.62 bits per heavy atom. The maximum atomic E-state index is 5.47. The van der Waals surface area contributed by atoms with Gasteiger partial charge in [0.1, 0.15) is 0 Å². The minimum absolute atomic E-state index is 0. The van der Waals surface area contributed by atoms with E-state index in [0.29, 0.717) is 17.2 Å². The SMILES string of the molecule is CCCCCNC(=NC)N1CCN(Cc2cc(OC)c(OC)c(OC)c2)CC1.I. The summed E-state index contributed by atoms with van der Waals surface area (Å²) < 4.78 is 16.4. The average molecular weight is 520 g/mol. The molecule has 8 heteroatoms. The second kappa shape index (κ2) is 13.7. The van der Waals surface area contributed by atoms with Crippen molar-refractivity contribution in [3.8, 4) is 17.2 Å². The largest absolute Gasteiger partial charge is 0.493 e. The summed E-state index contributed by atoms with van der Waals surface area (Å²) in [5, 5.41) is 3.49. The van der Waals surface area contributed by atoms with Crippen LogP contribution in [0.4, 0.5) is 0 Å². The maximum absolute atomic E-state index is 5.47. The van der Waals surface area contributed by atoms with Crippen molar-refractivity contribution >= 4 is 29.9 Å². The topological polar surface area (TPSA) is 58.6 Å². The summed E-state index contributed by atoms with van der Waals surface area (Å²) in [6.45, 7) is 8.00. The van der Waals surface area contributed by atoms with Crippen molar-refractivity contribution in [2.45, 2.75) is 32.7 Å². The minimum Gasteiger partial charge on any atom is -0.493 e. The van der Waals surface area contributed by atoms with Crippen molar-refractivity contribution in [1.29, 1.82) is 0 Å². The van der Waals surface area contributed by atoms with Crippen LogP contribution in [0, 0.1) is 0 Å². The normalized spacial score (nSPS) is 14.9. The number of halogens is 1. The Morgan fingerprint density at radius 3 is 2.10 bits per heavy atom. The standard InChI is InChI=1S/C21H36N4O3.HI/c1-6-7-8-9-23-21(22-2)25-12-10-24(11-13-25)16-17-14-18(26-3)20(28-5)19(15-17)27-4;/h14-15H,6-13,16H2,1-5H3,(H,22,23);1H. The molecule has 29 heavy (non-hydrogen) atoms. The van der Waals surface area contributed by atoms with Gasteiger partial charge >= 0.3 is 0 Å². The lowest BCUT2D eigenvalue weighted by molar-refractivity contribution is 0.172. The van der Waals surface area contributed by atoms with Gasteiger partial charge in [-0.2, -0.15) is 0 Å². The molecule has 0 saturated carbocycles. The van der Waals surface area contributed by atoms with Crippen molar-refractivity contribution in [3.05, 3.63) is 17.7 Å². The fourth-order valence-electron chi connectivity index (χ4n) is 3.51. The molecule has 1 N–H and O–H groups in total. The predicted molar refractivity (Wildman–Crippen MR) is 129 cm³/mol. The van der Waals surface area contributed by atoms with Gasteiger partial charge in [-0.3, -0.25) is 9.89 Å². The van der Waals surface area contributed by atoms with E-state index in [9.17, 15) is 0 Å². The number of benzene rings is 1. The van der Waals surface area contributed by atoms with Crippen molar-refractivity contribution in [1.82, 2.24) is 15.1 Å². The second-order valence-electron chi connectivity index (χ2n) is 6.98. The highest BCUT2D eigenvalue weighted by Gasteiger charge is 2.21. The summed E-state index contributed by atoms with van der Waals surface area (Å²) in [5.41, 5.74) is 1.16. The average Bonchev–Trinajstić information content (AvgIpc) is 2.74. The van der Waals surface area contributed by atoms with E-state index in [1.54, 1.807) is 21.3 Å². The van der Waals surface area contributed by atoms with Crippen LogP contribution in [0.25, 0.3) is 0 Å². The number of aliphatic imine (C=N–C) groups is 1. The molecule has 1 aliphatic heterocycles. The summed E-state index contributed by atoms with van der Waals surface area (Å²) in [7, 11) is 6.80. The predicted octanol–water partition coefficient (Wildman–Crippen LogP) is 3.21. The van der Waals surface area contributed by atoms with Crippen molar-refractivity contribution in [2.24, 2.45) is 4.99 Å². The van der Waals surface area contributed by atoms with E-state index >= 15 is 0 Å². The van der Waals surface area contributed by atoms with Crippen LogP contribution in [0.5, 0.6) is 17.2 Å². The van der Waals surface area contributed by atoms with E-state index in [4.69, 9.17) is 14.2 Å². The Hall–Kier alpha value is -1.42. The molecule has 166 valence electrons. The summed E-state index contributed by atoms with van der Waals surface area (Å²) in [6, 6.07) is 4.06. The zero-order chi connectivity index (χ0) is 20.4. The molecule has 0 aromatic heterocycles. The lowest BCUT2D eigenvalue weighted by Crippen LogP contribution is -2.52. The number of ether oxygens (including phenoxy) is 3. The molecule has 0 atom stereocenters. The van der Waals surface area contributed by atoms with E-state index in [2.05, 4.69) is 27.0 Å². The van der Waals surface area contributed by atoms with Gasteiger partial charge in [0, 0.05) is 46.3 Å². The maximum Gasteiger partial charge on any atom is 0.203 e. The number of piperazine rings is 1. The van der Waals surface area contributed by atoms with Gasteiger partial charge in [0.25, 0.3) is 0 Å². The van der Waals surface area contributed by atoms with Gasteiger partial charge in [0.05, 0.1) is 21.3 Å². The van der Waals surface area contributed by atoms with E-state index in [1.165, 1.54) is 19.3 Å². The van der Waals surface area contributed by atoms with Gasteiger partial charge in [-0.1, -0.05) is 19.8 Å². The van der Waals surface area contributed by atoms with Crippen molar-refractivity contribution in [2.75, 3.05) is 61.1 Å². The monoisotopic (exact) mass is 520 g/mol. The van der Waals surface area contributed by atoms with Crippen molar-refractivity contribution < 1.29 is 14.2 Å². The highest BCUT2D eigenvalue weighted by atomic mass is 127. The smallest absolute Gasteiger partial charge is 0.203 e. The molecule has 0 unspecified atom stereocenters. The van der Waals surface area contributed by atoms with Gasteiger partial charge in [-0.15, -0.1) is 24.0 Å². The van der Waals surface area contributed by atoms with Crippen LogP contribution in [-0.4, -0.2) is 76.9 Å². The first-order chi connectivity index (χ1) is 13.7. The summed E-state index contributed by atoms with van der Waals surface area (Å²) in [4.78, 5) is 9.24. The van der Waals surface area contributed by atoms with Crippen LogP contribution >= 0.6 is 24.0 Å². The summed E-state index contributed by atoms with van der Waals surface area (Å²) in [6.07, 6.45) is 3.68. The third-order valence-corrected chi connectivity index (χ3v) is 5.08. The molecule has 1 aromatic carbocycles. The quantitative estimate of drug-likeness (QED) is 0.234. The lowest BCUT2D eigenvalue weighted by Gasteiger charge is -2.36. The van der Waals surface area contributed by atoms with Gasteiger partial charge in [0.2, 0.25) is 5.75 Å². The number of unbranched alkanes of at least 4 members (excludes halogenated alkanes) is 2. The molecular weight excluding hydrogens is 483 g/mol. The van der Waals surface area contributed by atoms with Crippen molar-refractivity contribution in [3.63, 3.8) is 0 Å². The number of hydrogen-bond acceptors (Lipinski definition) is 5. The van der Waals surface area contributed by atoms with Crippen LogP contribution in [-0.2, 0) is 6.54 Å². The first-order valence-electron chi connectivity index (χ1n) is 10.1. The number of nitrogens with one attached hydrogen (secondary N) is 1. The van der Waals surface area contributed by atoms with E-state index in [0.717, 1.165) is 50.8 Å². The van der Waals surface area contributed by atoms with Gasteiger partial charge in [0.15, 0.2) is 17.5 Å². The zero-order valence-electron chi connectivity index (χ0n) is 18.5. The lowest BCUT2D eigenvalue weighted by atomic mass is 10.1. The summed E-state index contributed by atoms with van der Waals surface area (Å²) in [5.74, 6) is 3.05. The number of guanidine groups is 1. The Morgan fingerprint density at radius 1 is 1.00 bits per heavy atom. The molecule has 7 nitrogen and oxygen atoms in total. The molecule has 0 bridgehead atoms. The number of methoxy groups -OCH3 is 3. The molecule has 2 rings (SSSR count). The number of rotatable bonds is 9. The Kier molecular flexibility index (Phi) is 12.1. The third-order valence-electron chi connectivity index (χ3n) is 5.08. The Bertz CT molecular complexity index is 609. The molecule has 0 aliphatic carbocycles. The van der Waals surface area contributed by atoms with Crippen LogP contribution in [0.2, 0.25) is 0 Å². The molecule has 1 aliphatic rings. The molecule has 1 aromatic rings. The minimum atomic E-state index is 0. The summed E-state index contributed by atoms with van der Waals surface area (Å²) >= 11 is 0.